The summed E-state index contributed by atoms with van der Waals surface area (Å²) in [7, 11) is 0. The molecule has 0 atom stereocenters. The molecular weight excluding hydrogens is 414 g/mol. The number of nitro benzene ring substituents is 1. The molecule has 0 radical (unpaired) electrons. The highest BCUT2D eigenvalue weighted by Crippen LogP contribution is 2.38. The molecule has 1 aliphatic rings. The Kier molecular flexibility index (Phi) is 5.60. The number of nitro groups is 1. The Morgan fingerprint density at radius 1 is 0.806 bits per heavy atom. The molecule has 6 nitrogen and oxygen atoms in total. The summed E-state index contributed by atoms with van der Waals surface area (Å²) in [6.45, 7) is 0. The molecule has 0 N–H and O–H groups in total. The number of ketones is 3. The molecule has 3 aromatic carbocycles. The minimum Gasteiger partial charge on any atom is -0.294 e. The number of allylic oxidation sites excluding steroid dienone is 2. The van der Waals surface area contributed by atoms with Crippen LogP contribution in [0.4, 0.5) is 5.69 Å². The van der Waals surface area contributed by atoms with Crippen LogP contribution in [0.5, 0.6) is 0 Å². The van der Waals surface area contributed by atoms with E-state index in [0.717, 1.165) is 16.7 Å². The van der Waals surface area contributed by atoms with Crippen molar-refractivity contribution in [2.45, 2.75) is 11.3 Å². The van der Waals surface area contributed by atoms with E-state index in [4.69, 9.17) is 0 Å². The maximum absolute atomic E-state index is 13.2. The minimum atomic E-state index is -0.550. The standard InChI is InChI=1S/C24H15NO5S/c26-21(15-10-12-16(13-11-15)25(29)30)14-20-22(27)18-8-4-5-9-19(18)23(28)24(20)31-17-6-2-1-3-7-17/h1-13H,14H2. The van der Waals surface area contributed by atoms with E-state index in [0.29, 0.717) is 5.56 Å². The van der Waals surface area contributed by atoms with Crippen molar-refractivity contribution in [1.29, 1.82) is 0 Å². The number of carbonyl (C=O) groups excluding carboxylic acids is 3. The van der Waals surface area contributed by atoms with Crippen LogP contribution in [0.1, 0.15) is 37.5 Å². The molecule has 0 aromatic heterocycles. The van der Waals surface area contributed by atoms with Gasteiger partial charge in [0.1, 0.15) is 0 Å². The minimum absolute atomic E-state index is 0.131. The zero-order valence-corrected chi connectivity index (χ0v) is 16.9. The molecule has 0 unspecified atom stereocenters. The van der Waals surface area contributed by atoms with Crippen molar-refractivity contribution in [1.82, 2.24) is 0 Å². The molecule has 4 rings (SSSR count). The van der Waals surface area contributed by atoms with Gasteiger partial charge >= 0.3 is 0 Å². The molecule has 152 valence electrons. The second kappa shape index (κ2) is 8.49. The van der Waals surface area contributed by atoms with Crippen molar-refractivity contribution in [3.05, 3.63) is 116 Å². The number of rotatable bonds is 6. The van der Waals surface area contributed by atoms with Crippen LogP contribution in [-0.2, 0) is 0 Å². The van der Waals surface area contributed by atoms with E-state index < -0.39 is 10.7 Å². The van der Waals surface area contributed by atoms with Crippen molar-refractivity contribution >= 4 is 34.8 Å². The summed E-state index contributed by atoms with van der Waals surface area (Å²) in [6.07, 6.45) is -0.272. The van der Waals surface area contributed by atoms with E-state index in [2.05, 4.69) is 0 Å². The van der Waals surface area contributed by atoms with Gasteiger partial charge in [0.2, 0.25) is 5.78 Å². The number of carbonyl (C=O) groups is 3. The fraction of sp³-hybridized carbons (Fsp3) is 0.0417. The molecule has 31 heavy (non-hydrogen) atoms. The second-order valence-corrected chi connectivity index (χ2v) is 7.91. The van der Waals surface area contributed by atoms with Gasteiger partial charge in [-0.15, -0.1) is 0 Å². The van der Waals surface area contributed by atoms with Crippen molar-refractivity contribution in [2.75, 3.05) is 0 Å². The van der Waals surface area contributed by atoms with Crippen LogP contribution < -0.4 is 0 Å². The second-order valence-electron chi connectivity index (χ2n) is 6.83. The molecule has 3 aromatic rings. The molecule has 0 bridgehead atoms. The zero-order valence-electron chi connectivity index (χ0n) is 16.1. The average molecular weight is 429 g/mol. The van der Waals surface area contributed by atoms with Crippen LogP contribution in [0, 0.1) is 10.1 Å². The lowest BCUT2D eigenvalue weighted by Crippen LogP contribution is -2.22. The lowest BCUT2D eigenvalue weighted by molar-refractivity contribution is -0.384. The molecule has 0 aliphatic heterocycles. The SMILES string of the molecule is O=C(CC1=C(Sc2ccccc2)C(=O)c2ccccc2C1=O)c1ccc([N+](=O)[O-])cc1. The van der Waals surface area contributed by atoms with E-state index in [1.807, 2.05) is 30.3 Å². The maximum atomic E-state index is 13.2. The van der Waals surface area contributed by atoms with Crippen LogP contribution in [-0.4, -0.2) is 22.3 Å². The summed E-state index contributed by atoms with van der Waals surface area (Å²) in [5.41, 5.74) is 0.838. The zero-order chi connectivity index (χ0) is 22.0. The number of non-ortho nitro benzene ring substituents is 1. The van der Waals surface area contributed by atoms with E-state index in [9.17, 15) is 24.5 Å². The summed E-state index contributed by atoms with van der Waals surface area (Å²) in [5.74, 6) is -1.05. The predicted molar refractivity (Wildman–Crippen MR) is 116 cm³/mol. The Morgan fingerprint density at radius 2 is 1.39 bits per heavy atom. The molecule has 0 amide bonds. The Morgan fingerprint density at radius 3 is 2.00 bits per heavy atom. The van der Waals surface area contributed by atoms with Crippen LogP contribution >= 0.6 is 11.8 Å². The number of Topliss-reactive ketones (excluding diaryl/α,β-unsaturated/α-hetero) is 3. The molecule has 0 saturated carbocycles. The Labute approximate surface area is 181 Å². The number of hydrogen-bond donors (Lipinski definition) is 0. The van der Waals surface area contributed by atoms with Gasteiger partial charge in [0.15, 0.2) is 11.6 Å². The molecular formula is C24H15NO5S. The van der Waals surface area contributed by atoms with Crippen molar-refractivity contribution in [2.24, 2.45) is 0 Å². The van der Waals surface area contributed by atoms with Crippen LogP contribution in [0.3, 0.4) is 0 Å². The summed E-state index contributed by atoms with van der Waals surface area (Å²) in [6, 6.07) is 20.9. The number of hydrogen-bond acceptors (Lipinski definition) is 6. The van der Waals surface area contributed by atoms with E-state index in [1.165, 1.54) is 24.3 Å². The van der Waals surface area contributed by atoms with Gasteiger partial charge in [-0.3, -0.25) is 24.5 Å². The number of fused-ring (bicyclic) bond motifs is 1. The molecule has 7 heteroatoms. The topological polar surface area (TPSA) is 94.3 Å². The van der Waals surface area contributed by atoms with Gasteiger partial charge < -0.3 is 0 Å². The molecule has 1 aliphatic carbocycles. The third kappa shape index (κ3) is 4.08. The fourth-order valence-corrected chi connectivity index (χ4v) is 4.33. The first-order chi connectivity index (χ1) is 15.0. The lowest BCUT2D eigenvalue weighted by atomic mass is 9.86. The van der Waals surface area contributed by atoms with Crippen molar-refractivity contribution < 1.29 is 19.3 Å². The van der Waals surface area contributed by atoms with E-state index in [-0.39, 0.29) is 45.3 Å². The number of benzene rings is 3. The van der Waals surface area contributed by atoms with Crippen molar-refractivity contribution in [3.63, 3.8) is 0 Å². The monoisotopic (exact) mass is 429 g/mol. The van der Waals surface area contributed by atoms with Crippen molar-refractivity contribution in [3.8, 4) is 0 Å². The quantitative estimate of drug-likeness (QED) is 0.300. The van der Waals surface area contributed by atoms with E-state index >= 15 is 0 Å². The van der Waals surface area contributed by atoms with Gasteiger partial charge in [-0.1, -0.05) is 54.2 Å². The van der Waals surface area contributed by atoms with E-state index in [1.54, 1.807) is 24.3 Å². The molecule has 0 saturated heterocycles. The van der Waals surface area contributed by atoms with Crippen LogP contribution in [0.15, 0.2) is 94.2 Å². The fourth-order valence-electron chi connectivity index (χ4n) is 3.31. The maximum Gasteiger partial charge on any atom is 0.269 e. The first-order valence-electron chi connectivity index (χ1n) is 9.38. The normalized spacial score (nSPS) is 13.2. The average Bonchev–Trinajstić information content (AvgIpc) is 2.80. The molecule has 0 spiro atoms. The summed E-state index contributed by atoms with van der Waals surface area (Å²) in [5, 5.41) is 10.8. The number of nitrogens with zero attached hydrogens (tertiary/aromatic N) is 1. The molecule has 0 fully saturated rings. The van der Waals surface area contributed by atoms with Gasteiger partial charge in [0, 0.05) is 45.7 Å². The van der Waals surface area contributed by atoms with Gasteiger partial charge in [-0.25, -0.2) is 0 Å². The number of thioether (sulfide) groups is 1. The van der Waals surface area contributed by atoms with Crippen LogP contribution in [0.2, 0.25) is 0 Å². The van der Waals surface area contributed by atoms with Gasteiger partial charge in [0.05, 0.1) is 9.83 Å². The summed E-state index contributed by atoms with van der Waals surface area (Å²) in [4.78, 5) is 50.6. The highest BCUT2D eigenvalue weighted by atomic mass is 32.2. The lowest BCUT2D eigenvalue weighted by Gasteiger charge is -2.20. The van der Waals surface area contributed by atoms with Gasteiger partial charge in [0.25, 0.3) is 5.69 Å². The third-order valence-electron chi connectivity index (χ3n) is 4.87. The Hall–Kier alpha value is -3.84. The predicted octanol–water partition coefficient (Wildman–Crippen LogP) is 5.29. The third-order valence-corrected chi connectivity index (χ3v) is 6.02. The van der Waals surface area contributed by atoms with Crippen LogP contribution in [0.25, 0.3) is 0 Å². The highest BCUT2D eigenvalue weighted by Gasteiger charge is 2.33. The molecule has 0 heterocycles. The Balaban J connectivity index is 1.73. The first kappa shape index (κ1) is 20.4. The first-order valence-corrected chi connectivity index (χ1v) is 10.2. The Bertz CT molecular complexity index is 1250. The largest absolute Gasteiger partial charge is 0.294 e. The van der Waals surface area contributed by atoms with Gasteiger partial charge in [-0.2, -0.15) is 0 Å². The smallest absolute Gasteiger partial charge is 0.269 e. The van der Waals surface area contributed by atoms with Gasteiger partial charge in [-0.05, 0) is 24.3 Å². The highest BCUT2D eigenvalue weighted by molar-refractivity contribution is 8.04. The summed E-state index contributed by atoms with van der Waals surface area (Å²) < 4.78 is 0. The summed E-state index contributed by atoms with van der Waals surface area (Å²) >= 11 is 1.16.